The molecule has 2 rings (SSSR count). The third-order valence-corrected chi connectivity index (χ3v) is 4.41. The molecule has 0 amide bonds. The summed E-state index contributed by atoms with van der Waals surface area (Å²) < 4.78 is 0. The van der Waals surface area contributed by atoms with Crippen molar-refractivity contribution in [3.8, 4) is 0 Å². The van der Waals surface area contributed by atoms with Gasteiger partial charge in [0.2, 0.25) is 0 Å². The molecular formula is C15H15NS2. The second-order valence-electron chi connectivity index (χ2n) is 3.63. The minimum absolute atomic E-state index is 0.569. The van der Waals surface area contributed by atoms with Crippen molar-refractivity contribution in [2.75, 3.05) is 6.54 Å². The van der Waals surface area contributed by atoms with Crippen LogP contribution in [-0.2, 0) is 0 Å². The zero-order valence-corrected chi connectivity index (χ0v) is 11.6. The molecule has 2 aromatic carbocycles. The monoisotopic (exact) mass is 273 g/mol. The largest absolute Gasteiger partial charge is 0.326 e. The smallest absolute Gasteiger partial charge is 0.0247 e. The van der Waals surface area contributed by atoms with E-state index in [2.05, 4.69) is 29.7 Å². The van der Waals surface area contributed by atoms with Crippen LogP contribution >= 0.6 is 23.5 Å². The minimum Gasteiger partial charge on any atom is -0.326 e. The summed E-state index contributed by atoms with van der Waals surface area (Å²) >= 11 is 3.43. The molecule has 0 fully saturated rings. The van der Waals surface area contributed by atoms with Gasteiger partial charge < -0.3 is 5.73 Å². The molecule has 0 aliphatic carbocycles. The lowest BCUT2D eigenvalue weighted by atomic mass is 10.4. The summed E-state index contributed by atoms with van der Waals surface area (Å²) in [5.41, 5.74) is 5.78. The second kappa shape index (κ2) is 7.31. The zero-order valence-electron chi connectivity index (χ0n) is 9.95. The summed E-state index contributed by atoms with van der Waals surface area (Å²) in [6.45, 7) is 0.569. The number of hydrogen-bond acceptors (Lipinski definition) is 3. The van der Waals surface area contributed by atoms with E-state index in [9.17, 15) is 0 Å². The molecule has 0 saturated carbocycles. The first kappa shape index (κ1) is 13.3. The van der Waals surface area contributed by atoms with Gasteiger partial charge in [-0.15, -0.1) is 0 Å². The molecule has 0 saturated heterocycles. The third kappa shape index (κ3) is 4.26. The van der Waals surface area contributed by atoms with Crippen molar-refractivity contribution in [1.29, 1.82) is 0 Å². The first-order valence-electron chi connectivity index (χ1n) is 5.72. The molecule has 0 bridgehead atoms. The van der Waals surface area contributed by atoms with Gasteiger partial charge in [-0.3, -0.25) is 0 Å². The van der Waals surface area contributed by atoms with Crippen molar-refractivity contribution >= 4 is 23.5 Å². The summed E-state index contributed by atoms with van der Waals surface area (Å²) in [6.07, 6.45) is 0. The minimum atomic E-state index is 0.569. The summed E-state index contributed by atoms with van der Waals surface area (Å²) in [5.74, 6) is 0. The number of nitrogens with two attached hydrogens (primary N) is 1. The summed E-state index contributed by atoms with van der Waals surface area (Å²) in [5, 5.41) is 2.13. The summed E-state index contributed by atoms with van der Waals surface area (Å²) in [7, 11) is 0. The first-order chi connectivity index (χ1) is 8.88. The van der Waals surface area contributed by atoms with E-state index in [1.807, 2.05) is 36.4 Å². The van der Waals surface area contributed by atoms with Gasteiger partial charge in [0.25, 0.3) is 0 Å². The molecule has 3 heteroatoms. The maximum atomic E-state index is 5.78. The van der Waals surface area contributed by atoms with E-state index in [0.717, 1.165) is 0 Å². The summed E-state index contributed by atoms with van der Waals surface area (Å²) in [4.78, 5) is 3.63. The Kier molecular flexibility index (Phi) is 5.39. The normalized spacial score (nSPS) is 11.5. The molecule has 0 heterocycles. The van der Waals surface area contributed by atoms with Gasteiger partial charge in [-0.1, -0.05) is 59.9 Å². The van der Waals surface area contributed by atoms with E-state index >= 15 is 0 Å². The average molecular weight is 273 g/mol. The van der Waals surface area contributed by atoms with E-state index < -0.39 is 0 Å². The van der Waals surface area contributed by atoms with E-state index in [-0.39, 0.29) is 0 Å². The third-order valence-electron chi connectivity index (χ3n) is 2.26. The first-order valence-corrected chi connectivity index (χ1v) is 7.42. The van der Waals surface area contributed by atoms with Crippen molar-refractivity contribution in [3.63, 3.8) is 0 Å². The highest BCUT2D eigenvalue weighted by Crippen LogP contribution is 2.29. The predicted molar refractivity (Wildman–Crippen MR) is 81.7 cm³/mol. The highest BCUT2D eigenvalue weighted by molar-refractivity contribution is 8.06. The molecule has 0 atom stereocenters. The Balaban J connectivity index is 2.00. The molecule has 0 unspecified atom stereocenters. The quantitative estimate of drug-likeness (QED) is 0.819. The lowest BCUT2D eigenvalue weighted by Gasteiger charge is -2.04. The van der Waals surface area contributed by atoms with Gasteiger partial charge in [-0.25, -0.2) is 0 Å². The molecule has 0 radical (unpaired) electrons. The molecule has 0 aromatic heterocycles. The van der Waals surface area contributed by atoms with Crippen LogP contribution in [0.2, 0.25) is 0 Å². The van der Waals surface area contributed by atoms with Crippen LogP contribution in [0.25, 0.3) is 0 Å². The average Bonchev–Trinajstić information content (AvgIpc) is 2.45. The lowest BCUT2D eigenvalue weighted by Crippen LogP contribution is -1.99. The fourth-order valence-corrected chi connectivity index (χ4v) is 3.08. The number of hydrogen-bond donors (Lipinski definition) is 1. The van der Waals surface area contributed by atoms with Crippen LogP contribution in [0.3, 0.4) is 0 Å². The van der Waals surface area contributed by atoms with Gasteiger partial charge in [-0.05, 0) is 29.7 Å². The molecule has 2 aromatic rings. The Morgan fingerprint density at radius 2 is 1.44 bits per heavy atom. The molecule has 92 valence electrons. The Labute approximate surface area is 116 Å². The van der Waals surface area contributed by atoms with Gasteiger partial charge in [0.05, 0.1) is 0 Å². The number of rotatable bonds is 5. The van der Waals surface area contributed by atoms with E-state index in [4.69, 9.17) is 5.73 Å². The lowest BCUT2D eigenvalue weighted by molar-refractivity contribution is 1.23. The zero-order chi connectivity index (χ0) is 12.6. The van der Waals surface area contributed by atoms with E-state index in [1.165, 1.54) is 14.7 Å². The molecule has 2 N–H and O–H groups in total. The van der Waals surface area contributed by atoms with Gasteiger partial charge in [0.1, 0.15) is 0 Å². The Bertz CT molecular complexity index is 494. The highest BCUT2D eigenvalue weighted by atomic mass is 32.2. The fraction of sp³-hybridized carbons (Fsp3) is 0.0667. The van der Waals surface area contributed by atoms with Gasteiger partial charge in [0.15, 0.2) is 0 Å². The van der Waals surface area contributed by atoms with Crippen molar-refractivity contribution in [1.82, 2.24) is 0 Å². The molecule has 0 spiro atoms. The molecule has 0 aliphatic rings. The number of thioether (sulfide) groups is 2. The van der Waals surface area contributed by atoms with Gasteiger partial charge in [0, 0.05) is 21.2 Å². The standard InChI is InChI=1S/C15H15NS2/c16-11-15(18-14-9-5-2-6-10-14)12-17-13-7-3-1-4-8-13/h1-10,12H,11,16H2/b15-12-. The van der Waals surface area contributed by atoms with E-state index in [0.29, 0.717) is 6.54 Å². The van der Waals surface area contributed by atoms with Crippen molar-refractivity contribution in [3.05, 3.63) is 71.0 Å². The predicted octanol–water partition coefficient (Wildman–Crippen LogP) is 4.37. The van der Waals surface area contributed by atoms with Crippen molar-refractivity contribution in [2.24, 2.45) is 5.73 Å². The number of benzene rings is 2. The maximum absolute atomic E-state index is 5.78. The second-order valence-corrected chi connectivity index (χ2v) is 5.78. The van der Waals surface area contributed by atoms with Crippen LogP contribution in [0.5, 0.6) is 0 Å². The molecule has 0 aliphatic heterocycles. The fourth-order valence-electron chi connectivity index (χ4n) is 1.39. The van der Waals surface area contributed by atoms with Crippen LogP contribution in [0, 0.1) is 0 Å². The SMILES string of the molecule is NC/C(=C/Sc1ccccc1)Sc1ccccc1. The van der Waals surface area contributed by atoms with Crippen molar-refractivity contribution < 1.29 is 0 Å². The highest BCUT2D eigenvalue weighted by Gasteiger charge is 1.99. The Hall–Kier alpha value is -1.16. The van der Waals surface area contributed by atoms with Crippen LogP contribution in [0.15, 0.2) is 80.8 Å². The van der Waals surface area contributed by atoms with Gasteiger partial charge >= 0.3 is 0 Å². The molecule has 1 nitrogen and oxygen atoms in total. The summed E-state index contributed by atoms with van der Waals surface area (Å²) in [6, 6.07) is 20.6. The maximum Gasteiger partial charge on any atom is 0.0247 e. The molecular weight excluding hydrogens is 258 g/mol. The van der Waals surface area contributed by atoms with Crippen LogP contribution in [-0.4, -0.2) is 6.54 Å². The topological polar surface area (TPSA) is 26.0 Å². The Morgan fingerprint density at radius 3 is 2.00 bits per heavy atom. The van der Waals surface area contributed by atoms with Crippen LogP contribution in [0.1, 0.15) is 0 Å². The van der Waals surface area contributed by atoms with Crippen molar-refractivity contribution in [2.45, 2.75) is 9.79 Å². The van der Waals surface area contributed by atoms with Gasteiger partial charge in [-0.2, -0.15) is 0 Å². The van der Waals surface area contributed by atoms with Crippen LogP contribution < -0.4 is 5.73 Å². The van der Waals surface area contributed by atoms with Crippen LogP contribution in [0.4, 0.5) is 0 Å². The Morgan fingerprint density at radius 1 is 0.889 bits per heavy atom. The molecule has 18 heavy (non-hydrogen) atoms. The van der Waals surface area contributed by atoms with E-state index in [1.54, 1.807) is 23.5 Å².